The Labute approximate surface area is 151 Å². The summed E-state index contributed by atoms with van der Waals surface area (Å²) in [7, 11) is 5.00. The number of nitrogens with one attached hydrogen (secondary N) is 1. The second-order valence-corrected chi connectivity index (χ2v) is 6.11. The number of ether oxygens (including phenoxy) is 1. The van der Waals surface area contributed by atoms with Crippen LogP contribution in [-0.4, -0.2) is 37.9 Å². The number of anilines is 1. The van der Waals surface area contributed by atoms with Gasteiger partial charge in [-0.25, -0.2) is 0 Å². The van der Waals surface area contributed by atoms with Gasteiger partial charge in [-0.1, -0.05) is 24.3 Å². The van der Waals surface area contributed by atoms with E-state index in [0.717, 1.165) is 10.9 Å². The number of fused-ring (bicyclic) bond motifs is 1. The molecule has 26 heavy (non-hydrogen) atoms. The van der Waals surface area contributed by atoms with Crippen LogP contribution in [-0.2, 0) is 11.2 Å². The van der Waals surface area contributed by atoms with E-state index in [4.69, 9.17) is 9.15 Å². The molecule has 0 spiro atoms. The van der Waals surface area contributed by atoms with Gasteiger partial charge in [0.1, 0.15) is 0 Å². The fourth-order valence-electron chi connectivity index (χ4n) is 2.54. The minimum absolute atomic E-state index is 0.0259. The van der Waals surface area contributed by atoms with E-state index in [1.807, 2.05) is 24.3 Å². The summed E-state index contributed by atoms with van der Waals surface area (Å²) in [5.74, 6) is 0.464. The third-order valence-electron chi connectivity index (χ3n) is 4.02. The van der Waals surface area contributed by atoms with E-state index in [-0.39, 0.29) is 17.6 Å². The molecule has 3 rings (SSSR count). The number of nitrogens with zero attached hydrogens (tertiary/aromatic N) is 1. The van der Waals surface area contributed by atoms with Crippen molar-refractivity contribution in [1.82, 2.24) is 4.90 Å². The zero-order valence-corrected chi connectivity index (χ0v) is 14.9. The molecule has 2 amide bonds. The fraction of sp³-hybridized carbons (Fsp3) is 0.200. The predicted molar refractivity (Wildman–Crippen MR) is 99.6 cm³/mol. The standard InChI is InChI=1S/C20H20N2O4/c1-22(2)18(23)11-13-7-9-15(10-8-13)21-20(24)17-12-14-5-4-6-16(25-3)19(14)26-17/h4-10,12H,11H2,1-3H3,(H,21,24). The summed E-state index contributed by atoms with van der Waals surface area (Å²) in [5, 5.41) is 3.59. The average Bonchev–Trinajstić information content (AvgIpc) is 3.07. The second-order valence-electron chi connectivity index (χ2n) is 6.11. The summed E-state index contributed by atoms with van der Waals surface area (Å²) in [5.41, 5.74) is 2.05. The first-order chi connectivity index (χ1) is 12.5. The summed E-state index contributed by atoms with van der Waals surface area (Å²) in [4.78, 5) is 25.7. The van der Waals surface area contributed by atoms with Gasteiger partial charge >= 0.3 is 0 Å². The van der Waals surface area contributed by atoms with Crippen molar-refractivity contribution in [1.29, 1.82) is 0 Å². The van der Waals surface area contributed by atoms with Gasteiger partial charge in [0, 0.05) is 25.2 Å². The van der Waals surface area contributed by atoms with Crippen molar-refractivity contribution in [2.24, 2.45) is 0 Å². The third-order valence-corrected chi connectivity index (χ3v) is 4.02. The van der Waals surface area contributed by atoms with E-state index < -0.39 is 0 Å². The molecule has 0 aliphatic carbocycles. The number of benzene rings is 2. The van der Waals surface area contributed by atoms with Crippen molar-refractivity contribution in [2.75, 3.05) is 26.5 Å². The zero-order chi connectivity index (χ0) is 18.7. The molecule has 134 valence electrons. The Kier molecular flexibility index (Phi) is 4.93. The molecule has 0 aliphatic heterocycles. The summed E-state index contributed by atoms with van der Waals surface area (Å²) < 4.78 is 10.9. The van der Waals surface area contributed by atoms with Gasteiger partial charge in [-0.2, -0.15) is 0 Å². The highest BCUT2D eigenvalue weighted by molar-refractivity contribution is 6.05. The van der Waals surface area contributed by atoms with Gasteiger partial charge in [-0.15, -0.1) is 0 Å². The minimum Gasteiger partial charge on any atom is -0.493 e. The van der Waals surface area contributed by atoms with E-state index in [9.17, 15) is 9.59 Å². The normalized spacial score (nSPS) is 10.6. The molecule has 6 heteroatoms. The Morgan fingerprint density at radius 1 is 1.12 bits per heavy atom. The fourth-order valence-corrected chi connectivity index (χ4v) is 2.54. The summed E-state index contributed by atoms with van der Waals surface area (Å²) in [6.45, 7) is 0. The van der Waals surface area contributed by atoms with Crippen LogP contribution in [0.1, 0.15) is 16.1 Å². The van der Waals surface area contributed by atoms with Crippen molar-refractivity contribution >= 4 is 28.5 Å². The lowest BCUT2D eigenvalue weighted by molar-refractivity contribution is -0.127. The Bertz CT molecular complexity index is 942. The van der Waals surface area contributed by atoms with Gasteiger partial charge in [-0.05, 0) is 29.8 Å². The Balaban J connectivity index is 1.73. The number of hydrogen-bond donors (Lipinski definition) is 1. The first kappa shape index (κ1) is 17.5. The van der Waals surface area contributed by atoms with Crippen molar-refractivity contribution < 1.29 is 18.7 Å². The average molecular weight is 352 g/mol. The van der Waals surface area contributed by atoms with Crippen LogP contribution in [0.5, 0.6) is 5.75 Å². The second kappa shape index (κ2) is 7.31. The number of carbonyl (C=O) groups excluding carboxylic acids is 2. The third kappa shape index (κ3) is 3.69. The van der Waals surface area contributed by atoms with Crippen molar-refractivity contribution in [3.8, 4) is 5.75 Å². The molecule has 1 N–H and O–H groups in total. The van der Waals surface area contributed by atoms with Gasteiger partial charge in [0.15, 0.2) is 17.1 Å². The molecule has 0 saturated carbocycles. The Morgan fingerprint density at radius 2 is 1.85 bits per heavy atom. The molecule has 0 fully saturated rings. The zero-order valence-electron chi connectivity index (χ0n) is 14.9. The lowest BCUT2D eigenvalue weighted by Gasteiger charge is -2.10. The van der Waals surface area contributed by atoms with Crippen LogP contribution in [0, 0.1) is 0 Å². The number of carbonyl (C=O) groups is 2. The molecular weight excluding hydrogens is 332 g/mol. The molecule has 0 bridgehead atoms. The van der Waals surface area contributed by atoms with Gasteiger partial charge in [0.2, 0.25) is 5.91 Å². The largest absolute Gasteiger partial charge is 0.493 e. The minimum atomic E-state index is -0.347. The highest BCUT2D eigenvalue weighted by Gasteiger charge is 2.15. The highest BCUT2D eigenvalue weighted by atomic mass is 16.5. The lowest BCUT2D eigenvalue weighted by Crippen LogP contribution is -2.23. The first-order valence-electron chi connectivity index (χ1n) is 8.15. The molecule has 0 aliphatic rings. The molecule has 2 aromatic carbocycles. The van der Waals surface area contributed by atoms with Crippen LogP contribution in [0.25, 0.3) is 11.0 Å². The number of furan rings is 1. The van der Waals surface area contributed by atoms with Gasteiger partial charge < -0.3 is 19.4 Å². The summed E-state index contributed by atoms with van der Waals surface area (Å²) in [6.07, 6.45) is 0.324. The number of para-hydroxylation sites is 1. The molecule has 3 aromatic rings. The van der Waals surface area contributed by atoms with E-state index in [1.54, 1.807) is 50.4 Å². The van der Waals surface area contributed by atoms with E-state index >= 15 is 0 Å². The SMILES string of the molecule is COc1cccc2cc(C(=O)Nc3ccc(CC(=O)N(C)C)cc3)oc12. The van der Waals surface area contributed by atoms with Gasteiger partial charge in [0.25, 0.3) is 5.91 Å². The van der Waals surface area contributed by atoms with E-state index in [0.29, 0.717) is 23.4 Å². The Hall–Kier alpha value is -3.28. The van der Waals surface area contributed by atoms with Gasteiger partial charge in [-0.3, -0.25) is 9.59 Å². The number of rotatable bonds is 5. The van der Waals surface area contributed by atoms with Crippen molar-refractivity contribution in [3.05, 3.63) is 59.9 Å². The Morgan fingerprint density at radius 3 is 2.50 bits per heavy atom. The smallest absolute Gasteiger partial charge is 0.291 e. The van der Waals surface area contributed by atoms with E-state index in [2.05, 4.69) is 5.32 Å². The monoisotopic (exact) mass is 352 g/mol. The van der Waals surface area contributed by atoms with Crippen LogP contribution < -0.4 is 10.1 Å². The highest BCUT2D eigenvalue weighted by Crippen LogP contribution is 2.28. The van der Waals surface area contributed by atoms with Crippen LogP contribution in [0.3, 0.4) is 0 Å². The number of likely N-dealkylation sites (N-methyl/N-ethyl adjacent to an activating group) is 1. The first-order valence-corrected chi connectivity index (χ1v) is 8.15. The molecule has 0 radical (unpaired) electrons. The molecule has 1 heterocycles. The quantitative estimate of drug-likeness (QED) is 0.764. The molecule has 0 saturated heterocycles. The van der Waals surface area contributed by atoms with Crippen LogP contribution in [0.15, 0.2) is 52.9 Å². The lowest BCUT2D eigenvalue weighted by atomic mass is 10.1. The maximum absolute atomic E-state index is 12.4. The number of amides is 2. The van der Waals surface area contributed by atoms with Crippen molar-refractivity contribution in [2.45, 2.75) is 6.42 Å². The molecule has 1 aromatic heterocycles. The predicted octanol–water partition coefficient (Wildman–Crippen LogP) is 3.32. The molecule has 6 nitrogen and oxygen atoms in total. The maximum Gasteiger partial charge on any atom is 0.291 e. The maximum atomic E-state index is 12.4. The summed E-state index contributed by atoms with van der Waals surface area (Å²) in [6, 6.07) is 14.3. The van der Waals surface area contributed by atoms with Crippen LogP contribution in [0.4, 0.5) is 5.69 Å². The molecule has 0 unspecified atom stereocenters. The topological polar surface area (TPSA) is 71.8 Å². The summed E-state index contributed by atoms with van der Waals surface area (Å²) >= 11 is 0. The van der Waals surface area contributed by atoms with Crippen molar-refractivity contribution in [3.63, 3.8) is 0 Å². The molecular formula is C20H20N2O4. The van der Waals surface area contributed by atoms with Gasteiger partial charge in [0.05, 0.1) is 13.5 Å². The van der Waals surface area contributed by atoms with Crippen LogP contribution in [0.2, 0.25) is 0 Å². The number of methoxy groups -OCH3 is 1. The molecule has 0 atom stereocenters. The number of hydrogen-bond acceptors (Lipinski definition) is 4. The van der Waals surface area contributed by atoms with E-state index in [1.165, 1.54) is 0 Å². The van der Waals surface area contributed by atoms with Crippen LogP contribution >= 0.6 is 0 Å².